The summed E-state index contributed by atoms with van der Waals surface area (Å²) in [5.41, 5.74) is 0.200. The van der Waals surface area contributed by atoms with Gasteiger partial charge in [0.2, 0.25) is 0 Å². The lowest BCUT2D eigenvalue weighted by atomic mass is 10.1. The van der Waals surface area contributed by atoms with Gasteiger partial charge in [0.05, 0.1) is 5.56 Å². The Morgan fingerprint density at radius 2 is 2.00 bits per heavy atom. The molecule has 0 atom stereocenters. The Hall–Kier alpha value is -2.44. The van der Waals surface area contributed by atoms with E-state index in [9.17, 15) is 18.0 Å². The van der Waals surface area contributed by atoms with E-state index in [2.05, 4.69) is 4.74 Å². The van der Waals surface area contributed by atoms with Crippen LogP contribution in [-0.2, 0) is 0 Å². The van der Waals surface area contributed by atoms with Crippen molar-refractivity contribution in [1.29, 1.82) is 0 Å². The first kappa shape index (κ1) is 13.0. The normalized spacial score (nSPS) is 11.3. The Morgan fingerprint density at radius 3 is 2.58 bits per heavy atom. The number of ether oxygens (including phenoxy) is 1. The summed E-state index contributed by atoms with van der Waals surface area (Å²) < 4.78 is 44.9. The average Bonchev–Trinajstić information content (AvgIpc) is 2.76. The van der Waals surface area contributed by atoms with E-state index >= 15 is 0 Å². The number of carbonyl (C=O) groups is 1. The fraction of sp³-hybridized carbons (Fsp3) is 0.0833. The third-order valence-electron chi connectivity index (χ3n) is 2.20. The van der Waals surface area contributed by atoms with Gasteiger partial charge in [-0.15, -0.1) is 13.2 Å². The number of hydrogen-bond donors (Lipinski definition) is 1. The molecule has 1 aromatic carbocycles. The molecule has 0 bridgehead atoms. The van der Waals surface area contributed by atoms with Crippen LogP contribution in [-0.4, -0.2) is 17.4 Å². The van der Waals surface area contributed by atoms with Crippen molar-refractivity contribution in [3.8, 4) is 17.1 Å². The highest BCUT2D eigenvalue weighted by Crippen LogP contribution is 2.28. The summed E-state index contributed by atoms with van der Waals surface area (Å²) in [6.45, 7) is 0. The number of furan rings is 1. The number of carboxylic acids is 1. The molecule has 19 heavy (non-hydrogen) atoms. The summed E-state index contributed by atoms with van der Waals surface area (Å²) in [5, 5.41) is 8.72. The smallest absolute Gasteiger partial charge is 0.478 e. The van der Waals surface area contributed by atoms with Gasteiger partial charge >= 0.3 is 12.3 Å². The maximum absolute atomic E-state index is 12.1. The third kappa shape index (κ3) is 3.27. The summed E-state index contributed by atoms with van der Waals surface area (Å²) >= 11 is 0. The van der Waals surface area contributed by atoms with Crippen molar-refractivity contribution in [3.05, 3.63) is 42.2 Å². The van der Waals surface area contributed by atoms with Gasteiger partial charge in [-0.25, -0.2) is 4.79 Å². The lowest BCUT2D eigenvalue weighted by molar-refractivity contribution is -0.274. The highest BCUT2D eigenvalue weighted by atomic mass is 19.4. The third-order valence-corrected chi connectivity index (χ3v) is 2.20. The Balaban J connectivity index is 2.29. The van der Waals surface area contributed by atoms with Crippen LogP contribution in [0.25, 0.3) is 11.3 Å². The second-order valence-electron chi connectivity index (χ2n) is 3.58. The fourth-order valence-electron chi connectivity index (χ4n) is 1.45. The largest absolute Gasteiger partial charge is 0.573 e. The van der Waals surface area contributed by atoms with E-state index in [0.717, 1.165) is 18.4 Å². The van der Waals surface area contributed by atoms with E-state index in [-0.39, 0.29) is 16.9 Å². The molecule has 1 N–H and O–H groups in total. The molecule has 0 unspecified atom stereocenters. The van der Waals surface area contributed by atoms with Gasteiger partial charge in [-0.3, -0.25) is 0 Å². The Labute approximate surface area is 105 Å². The van der Waals surface area contributed by atoms with Crippen LogP contribution in [0.4, 0.5) is 13.2 Å². The van der Waals surface area contributed by atoms with Crippen molar-refractivity contribution in [2.24, 2.45) is 0 Å². The molecule has 0 aliphatic carbocycles. The fourth-order valence-corrected chi connectivity index (χ4v) is 1.45. The van der Waals surface area contributed by atoms with Crippen LogP contribution in [0.15, 0.2) is 41.0 Å². The number of benzene rings is 1. The van der Waals surface area contributed by atoms with Crippen LogP contribution in [0.1, 0.15) is 10.4 Å². The topological polar surface area (TPSA) is 59.7 Å². The SMILES string of the molecule is O=C(O)c1coc(-c2cccc(OC(F)(F)F)c2)c1. The van der Waals surface area contributed by atoms with Crippen LogP contribution in [0.2, 0.25) is 0 Å². The van der Waals surface area contributed by atoms with Crippen molar-refractivity contribution in [3.63, 3.8) is 0 Å². The van der Waals surface area contributed by atoms with E-state index in [4.69, 9.17) is 9.52 Å². The van der Waals surface area contributed by atoms with Crippen molar-refractivity contribution < 1.29 is 32.2 Å². The first-order valence-electron chi connectivity index (χ1n) is 5.03. The molecule has 2 rings (SSSR count). The zero-order valence-electron chi connectivity index (χ0n) is 9.27. The van der Waals surface area contributed by atoms with E-state index in [1.165, 1.54) is 18.2 Å². The number of halogens is 3. The minimum Gasteiger partial charge on any atom is -0.478 e. The molecule has 2 aromatic rings. The number of hydrogen-bond acceptors (Lipinski definition) is 3. The molecule has 0 aliphatic rings. The standard InChI is InChI=1S/C12H7F3O4/c13-12(14,15)19-9-3-1-2-7(4-9)10-5-8(6-18-10)11(16)17/h1-6H,(H,16,17). The summed E-state index contributed by atoms with van der Waals surface area (Å²) in [6.07, 6.45) is -3.77. The summed E-state index contributed by atoms with van der Waals surface area (Å²) in [4.78, 5) is 10.7. The molecular weight excluding hydrogens is 265 g/mol. The van der Waals surface area contributed by atoms with Gasteiger partial charge in [0.1, 0.15) is 17.8 Å². The minimum atomic E-state index is -4.78. The minimum absolute atomic E-state index is 0.0860. The molecule has 1 aromatic heterocycles. The molecule has 0 aliphatic heterocycles. The van der Waals surface area contributed by atoms with Gasteiger partial charge in [0.25, 0.3) is 0 Å². The molecule has 0 radical (unpaired) electrons. The molecule has 4 nitrogen and oxygen atoms in total. The van der Waals surface area contributed by atoms with Gasteiger partial charge < -0.3 is 14.3 Å². The molecule has 0 saturated heterocycles. The van der Waals surface area contributed by atoms with E-state index < -0.39 is 18.1 Å². The number of alkyl halides is 3. The van der Waals surface area contributed by atoms with Crippen LogP contribution < -0.4 is 4.74 Å². The Morgan fingerprint density at radius 1 is 1.26 bits per heavy atom. The maximum atomic E-state index is 12.1. The van der Waals surface area contributed by atoms with Crippen LogP contribution in [0.3, 0.4) is 0 Å². The zero-order chi connectivity index (χ0) is 14.0. The van der Waals surface area contributed by atoms with Gasteiger partial charge in [-0.05, 0) is 18.2 Å². The second-order valence-corrected chi connectivity index (χ2v) is 3.58. The zero-order valence-corrected chi connectivity index (χ0v) is 9.27. The van der Waals surface area contributed by atoms with Gasteiger partial charge in [0.15, 0.2) is 0 Å². The van der Waals surface area contributed by atoms with Crippen molar-refractivity contribution >= 4 is 5.97 Å². The molecule has 0 saturated carbocycles. The van der Waals surface area contributed by atoms with Gasteiger partial charge in [-0.2, -0.15) is 0 Å². The first-order valence-corrected chi connectivity index (χ1v) is 5.03. The maximum Gasteiger partial charge on any atom is 0.573 e. The molecule has 100 valence electrons. The van der Waals surface area contributed by atoms with Gasteiger partial charge in [-0.1, -0.05) is 12.1 Å². The Bertz CT molecular complexity index is 601. The van der Waals surface area contributed by atoms with Crippen molar-refractivity contribution in [1.82, 2.24) is 0 Å². The second kappa shape index (κ2) is 4.68. The molecule has 1 heterocycles. The van der Waals surface area contributed by atoms with E-state index in [1.807, 2.05) is 0 Å². The lowest BCUT2D eigenvalue weighted by Gasteiger charge is -2.09. The molecule has 0 fully saturated rings. The highest BCUT2D eigenvalue weighted by molar-refractivity contribution is 5.88. The molecule has 0 spiro atoms. The quantitative estimate of drug-likeness (QED) is 0.928. The summed E-state index contributed by atoms with van der Waals surface area (Å²) in [6, 6.07) is 6.29. The van der Waals surface area contributed by atoms with E-state index in [1.54, 1.807) is 0 Å². The van der Waals surface area contributed by atoms with Crippen molar-refractivity contribution in [2.45, 2.75) is 6.36 Å². The summed E-state index contributed by atoms with van der Waals surface area (Å²) in [7, 11) is 0. The average molecular weight is 272 g/mol. The monoisotopic (exact) mass is 272 g/mol. The van der Waals surface area contributed by atoms with E-state index in [0.29, 0.717) is 0 Å². The molecule has 0 amide bonds. The number of carboxylic acid groups (broad SMARTS) is 1. The molecule has 7 heteroatoms. The predicted octanol–water partition coefficient (Wildman–Crippen LogP) is 3.54. The first-order chi connectivity index (χ1) is 8.85. The number of rotatable bonds is 3. The lowest BCUT2D eigenvalue weighted by Crippen LogP contribution is -2.17. The van der Waals surface area contributed by atoms with Crippen LogP contribution in [0.5, 0.6) is 5.75 Å². The van der Waals surface area contributed by atoms with Crippen LogP contribution >= 0.6 is 0 Å². The molecular formula is C12H7F3O4. The van der Waals surface area contributed by atoms with Crippen LogP contribution in [0, 0.1) is 0 Å². The number of aromatic carboxylic acids is 1. The predicted molar refractivity (Wildman–Crippen MR) is 57.8 cm³/mol. The Kier molecular flexibility index (Phi) is 3.20. The highest BCUT2D eigenvalue weighted by Gasteiger charge is 2.31. The van der Waals surface area contributed by atoms with Gasteiger partial charge in [0, 0.05) is 5.56 Å². The summed E-state index contributed by atoms with van der Waals surface area (Å²) in [5.74, 6) is -1.44. The van der Waals surface area contributed by atoms with Crippen molar-refractivity contribution in [2.75, 3.05) is 0 Å².